The van der Waals surface area contributed by atoms with Gasteiger partial charge >= 0.3 is 0 Å². The number of hydrogen-bond acceptors (Lipinski definition) is 4. The van der Waals surface area contributed by atoms with E-state index < -0.39 is 0 Å². The summed E-state index contributed by atoms with van der Waals surface area (Å²) in [6.07, 6.45) is 0. The molecule has 0 atom stereocenters. The van der Waals surface area contributed by atoms with Gasteiger partial charge < -0.3 is 19.7 Å². The fourth-order valence-corrected chi connectivity index (χ4v) is 2.55. The van der Waals surface area contributed by atoms with Gasteiger partial charge in [0.25, 0.3) is 0 Å². The van der Waals surface area contributed by atoms with E-state index >= 15 is 0 Å². The summed E-state index contributed by atoms with van der Waals surface area (Å²) in [6, 6.07) is 4.19. The zero-order valence-electron chi connectivity index (χ0n) is 11.0. The van der Waals surface area contributed by atoms with Crippen LogP contribution in [0, 0.1) is 12.8 Å². The van der Waals surface area contributed by atoms with E-state index in [9.17, 15) is 0 Å². The predicted molar refractivity (Wildman–Crippen MR) is 71.8 cm³/mol. The second-order valence-electron chi connectivity index (χ2n) is 5.19. The number of aryl methyl sites for hydroxylation is 1. The molecule has 3 rings (SSSR count). The first-order valence-corrected chi connectivity index (χ1v) is 6.56. The first kappa shape index (κ1) is 11.7. The van der Waals surface area contributed by atoms with Crippen LogP contribution in [-0.2, 0) is 0 Å². The van der Waals surface area contributed by atoms with Crippen LogP contribution in [0.15, 0.2) is 12.1 Å². The fraction of sp³-hybridized carbons (Fsp3) is 0.571. The van der Waals surface area contributed by atoms with Crippen LogP contribution < -0.4 is 19.7 Å². The van der Waals surface area contributed by atoms with Gasteiger partial charge in [0.15, 0.2) is 11.5 Å². The molecule has 0 bridgehead atoms. The number of nitrogens with one attached hydrogen (secondary N) is 1. The van der Waals surface area contributed by atoms with Crippen LogP contribution in [0.2, 0.25) is 0 Å². The highest BCUT2D eigenvalue weighted by molar-refractivity contribution is 5.61. The molecule has 0 aliphatic carbocycles. The maximum absolute atomic E-state index is 5.65. The molecule has 1 saturated heterocycles. The lowest BCUT2D eigenvalue weighted by Gasteiger charge is -2.33. The third-order valence-corrected chi connectivity index (χ3v) is 3.67. The van der Waals surface area contributed by atoms with Gasteiger partial charge in [0.05, 0.1) is 0 Å². The molecule has 0 unspecified atom stereocenters. The van der Waals surface area contributed by atoms with Crippen LogP contribution >= 0.6 is 0 Å². The second-order valence-corrected chi connectivity index (χ2v) is 5.19. The van der Waals surface area contributed by atoms with Crippen molar-refractivity contribution in [3.63, 3.8) is 0 Å². The van der Waals surface area contributed by atoms with Crippen molar-refractivity contribution in [3.05, 3.63) is 17.7 Å². The van der Waals surface area contributed by atoms with Crippen molar-refractivity contribution < 1.29 is 9.47 Å². The Labute approximate surface area is 108 Å². The van der Waals surface area contributed by atoms with E-state index in [1.165, 1.54) is 11.3 Å². The van der Waals surface area contributed by atoms with Crippen LogP contribution in [0.5, 0.6) is 11.5 Å². The minimum absolute atomic E-state index is 0.645. The number of nitrogens with zero attached hydrogens (tertiary/aromatic N) is 1. The molecular weight excluding hydrogens is 228 g/mol. The highest BCUT2D eigenvalue weighted by Crippen LogP contribution is 2.36. The Kier molecular flexibility index (Phi) is 3.04. The van der Waals surface area contributed by atoms with Crippen molar-refractivity contribution in [2.24, 2.45) is 5.92 Å². The molecule has 4 heteroatoms. The van der Waals surface area contributed by atoms with Crippen LogP contribution in [-0.4, -0.2) is 39.9 Å². The average Bonchev–Trinajstić information content (AvgIpc) is 2.32. The quantitative estimate of drug-likeness (QED) is 0.877. The number of benzene rings is 1. The normalized spacial score (nSPS) is 18.3. The molecule has 0 aromatic heterocycles. The Morgan fingerprint density at radius 3 is 2.50 bits per heavy atom. The lowest BCUT2D eigenvalue weighted by molar-refractivity contribution is 0.171. The summed E-state index contributed by atoms with van der Waals surface area (Å²) in [4.78, 5) is 2.32. The van der Waals surface area contributed by atoms with E-state index in [0.29, 0.717) is 13.2 Å². The third-order valence-electron chi connectivity index (χ3n) is 3.67. The highest BCUT2D eigenvalue weighted by Gasteiger charge is 2.21. The summed E-state index contributed by atoms with van der Waals surface area (Å²) >= 11 is 0. The topological polar surface area (TPSA) is 33.7 Å². The number of rotatable bonds is 3. The van der Waals surface area contributed by atoms with Gasteiger partial charge in [-0.05, 0) is 18.6 Å². The molecule has 1 aromatic carbocycles. The Bertz CT molecular complexity index is 444. The maximum Gasteiger partial charge on any atom is 0.163 e. The Morgan fingerprint density at radius 1 is 1.22 bits per heavy atom. The summed E-state index contributed by atoms with van der Waals surface area (Å²) in [5, 5.41) is 3.31. The number of hydrogen-bond donors (Lipinski definition) is 1. The second kappa shape index (κ2) is 4.69. The lowest BCUT2D eigenvalue weighted by atomic mass is 10.0. The van der Waals surface area contributed by atoms with E-state index in [1.807, 2.05) is 0 Å². The van der Waals surface area contributed by atoms with Gasteiger partial charge in [-0.3, -0.25) is 0 Å². The molecular formula is C14H20N2O2. The largest absolute Gasteiger partial charge is 0.486 e. The van der Waals surface area contributed by atoms with Gasteiger partial charge in [-0.25, -0.2) is 0 Å². The van der Waals surface area contributed by atoms with E-state index in [2.05, 4.69) is 36.3 Å². The molecule has 1 N–H and O–H groups in total. The Balaban J connectivity index is 1.81. The number of anilines is 1. The predicted octanol–water partition coefficient (Wildman–Crippen LogP) is 1.42. The van der Waals surface area contributed by atoms with Gasteiger partial charge in [-0.1, -0.05) is 0 Å². The van der Waals surface area contributed by atoms with Crippen LogP contribution in [0.25, 0.3) is 0 Å². The monoisotopic (exact) mass is 248 g/mol. The lowest BCUT2D eigenvalue weighted by Crippen LogP contribution is -2.47. The molecule has 0 radical (unpaired) electrons. The minimum Gasteiger partial charge on any atom is -0.486 e. The third kappa shape index (κ3) is 2.12. The Morgan fingerprint density at radius 2 is 1.89 bits per heavy atom. The van der Waals surface area contributed by atoms with E-state index in [1.54, 1.807) is 0 Å². The van der Waals surface area contributed by atoms with E-state index in [4.69, 9.17) is 9.47 Å². The molecule has 4 nitrogen and oxygen atoms in total. The molecule has 18 heavy (non-hydrogen) atoms. The molecule has 1 fully saturated rings. The Hall–Kier alpha value is -1.42. The number of fused-ring (bicyclic) bond motifs is 1. The van der Waals surface area contributed by atoms with Crippen LogP contribution in [0.3, 0.4) is 0 Å². The van der Waals surface area contributed by atoms with E-state index in [0.717, 1.165) is 37.1 Å². The summed E-state index contributed by atoms with van der Waals surface area (Å²) in [5.41, 5.74) is 2.49. The summed E-state index contributed by atoms with van der Waals surface area (Å²) < 4.78 is 11.2. The van der Waals surface area contributed by atoms with Crippen molar-refractivity contribution in [2.45, 2.75) is 6.92 Å². The highest BCUT2D eigenvalue weighted by atomic mass is 16.6. The van der Waals surface area contributed by atoms with Gasteiger partial charge in [0.2, 0.25) is 0 Å². The van der Waals surface area contributed by atoms with Crippen LogP contribution in [0.4, 0.5) is 5.69 Å². The smallest absolute Gasteiger partial charge is 0.163 e. The first-order chi connectivity index (χ1) is 8.74. The molecule has 0 saturated carbocycles. The summed E-state index contributed by atoms with van der Waals surface area (Å²) in [7, 11) is 2.15. The zero-order chi connectivity index (χ0) is 12.5. The molecule has 2 heterocycles. The molecule has 2 aliphatic heterocycles. The van der Waals surface area contributed by atoms with Crippen molar-refractivity contribution in [2.75, 3.05) is 44.8 Å². The summed E-state index contributed by atoms with van der Waals surface area (Å²) in [6.45, 7) is 6.78. The van der Waals surface area contributed by atoms with Crippen molar-refractivity contribution in [3.8, 4) is 11.5 Å². The van der Waals surface area contributed by atoms with Crippen molar-refractivity contribution in [1.29, 1.82) is 0 Å². The summed E-state index contributed by atoms with van der Waals surface area (Å²) in [5.74, 6) is 2.52. The standard InChI is InChI=1S/C14H20N2O2/c1-10-5-13-14(18-4-3-17-13)6-12(10)16(2)9-11-7-15-8-11/h5-6,11,15H,3-4,7-9H2,1-2H3. The SMILES string of the molecule is Cc1cc2c(cc1N(C)CC1CNC1)OCCO2. The fourth-order valence-electron chi connectivity index (χ4n) is 2.55. The number of ether oxygens (including phenoxy) is 2. The van der Waals surface area contributed by atoms with Crippen molar-refractivity contribution in [1.82, 2.24) is 5.32 Å². The first-order valence-electron chi connectivity index (χ1n) is 6.56. The average molecular weight is 248 g/mol. The molecule has 1 aromatic rings. The zero-order valence-corrected chi connectivity index (χ0v) is 11.0. The molecule has 0 spiro atoms. The molecule has 2 aliphatic rings. The minimum atomic E-state index is 0.645. The van der Waals surface area contributed by atoms with Crippen LogP contribution in [0.1, 0.15) is 5.56 Å². The van der Waals surface area contributed by atoms with Gasteiger partial charge in [-0.2, -0.15) is 0 Å². The van der Waals surface area contributed by atoms with Crippen molar-refractivity contribution >= 4 is 5.69 Å². The molecule has 0 amide bonds. The van der Waals surface area contributed by atoms with E-state index in [-0.39, 0.29) is 0 Å². The van der Waals surface area contributed by atoms with Gasteiger partial charge in [-0.15, -0.1) is 0 Å². The molecule has 98 valence electrons. The van der Waals surface area contributed by atoms with Gasteiger partial charge in [0.1, 0.15) is 13.2 Å². The van der Waals surface area contributed by atoms with Gasteiger partial charge in [0, 0.05) is 44.4 Å². The maximum atomic E-state index is 5.65.